The summed E-state index contributed by atoms with van der Waals surface area (Å²) in [7, 11) is 0. The quantitative estimate of drug-likeness (QED) is 0.252. The van der Waals surface area contributed by atoms with E-state index < -0.39 is 0 Å². The number of rotatable bonds is 8. The zero-order chi connectivity index (χ0) is 30.7. The molecule has 0 radical (unpaired) electrons. The van der Waals surface area contributed by atoms with Gasteiger partial charge in [-0.15, -0.1) is 0 Å². The highest BCUT2D eigenvalue weighted by Crippen LogP contribution is 2.41. The Morgan fingerprint density at radius 2 is 1.74 bits per heavy atom. The third-order valence-corrected chi connectivity index (χ3v) is 11.6. The minimum absolute atomic E-state index is 0.159. The van der Waals surface area contributed by atoms with Gasteiger partial charge in [-0.3, -0.25) is 10.00 Å². The van der Waals surface area contributed by atoms with Gasteiger partial charge in [0, 0.05) is 48.1 Å². The van der Waals surface area contributed by atoms with Gasteiger partial charge < -0.3 is 14.5 Å². The van der Waals surface area contributed by atoms with Crippen molar-refractivity contribution in [3.05, 3.63) is 64.9 Å². The van der Waals surface area contributed by atoms with Gasteiger partial charge in [0.15, 0.2) is 5.82 Å². The predicted octanol–water partition coefficient (Wildman–Crippen LogP) is 6.14. The summed E-state index contributed by atoms with van der Waals surface area (Å²) in [5.41, 5.74) is 5.27. The van der Waals surface area contributed by atoms with E-state index in [2.05, 4.69) is 68.2 Å². The van der Waals surface area contributed by atoms with E-state index in [1.807, 2.05) is 0 Å². The largest absolute Gasteiger partial charge is 0.461 e. The maximum absolute atomic E-state index is 6.65. The van der Waals surface area contributed by atoms with Gasteiger partial charge in [0.1, 0.15) is 18.2 Å². The summed E-state index contributed by atoms with van der Waals surface area (Å²) < 4.78 is 6.65. The molecule has 46 heavy (non-hydrogen) atoms. The Labute approximate surface area is 271 Å². The molecule has 4 aromatic rings. The average molecular weight is 619 g/mol. The predicted molar refractivity (Wildman–Crippen MR) is 181 cm³/mol. The summed E-state index contributed by atoms with van der Waals surface area (Å²) in [5, 5.41) is 10.6. The average Bonchev–Trinajstić information content (AvgIpc) is 3.49. The molecule has 1 aliphatic carbocycles. The molecule has 0 spiro atoms. The first kappa shape index (κ1) is 28.5. The highest BCUT2D eigenvalue weighted by Gasteiger charge is 2.45. The zero-order valence-corrected chi connectivity index (χ0v) is 27.2. The van der Waals surface area contributed by atoms with Gasteiger partial charge in [0.2, 0.25) is 0 Å². The van der Waals surface area contributed by atoms with Crippen LogP contribution in [0, 0.1) is 0 Å². The van der Waals surface area contributed by atoms with Crippen LogP contribution in [-0.2, 0) is 19.4 Å². The summed E-state index contributed by atoms with van der Waals surface area (Å²) in [6.45, 7) is 8.91. The van der Waals surface area contributed by atoms with Crippen molar-refractivity contribution in [2.75, 3.05) is 49.1 Å². The first-order valence-corrected chi connectivity index (χ1v) is 17.9. The van der Waals surface area contributed by atoms with Crippen LogP contribution in [0.1, 0.15) is 98.6 Å². The second-order valence-corrected chi connectivity index (χ2v) is 14.4. The Bertz CT molecular complexity index is 1730. The zero-order valence-electron chi connectivity index (χ0n) is 27.2. The fourth-order valence-electron chi connectivity index (χ4n) is 8.93. The molecule has 1 atom stereocenters. The van der Waals surface area contributed by atoms with E-state index >= 15 is 0 Å². The van der Waals surface area contributed by atoms with E-state index in [-0.39, 0.29) is 5.54 Å². The molecule has 4 aliphatic heterocycles. The van der Waals surface area contributed by atoms with Crippen molar-refractivity contribution in [1.29, 1.82) is 0 Å². The Balaban J connectivity index is 1.05. The van der Waals surface area contributed by atoms with Crippen LogP contribution in [0.2, 0.25) is 0 Å². The first-order valence-electron chi connectivity index (χ1n) is 17.9. The minimum atomic E-state index is 0.159. The van der Waals surface area contributed by atoms with Crippen LogP contribution in [0.3, 0.4) is 0 Å². The molecule has 3 saturated heterocycles. The normalized spacial score (nSPS) is 22.8. The fourth-order valence-corrected chi connectivity index (χ4v) is 8.93. The van der Waals surface area contributed by atoms with Crippen LogP contribution in [0.15, 0.2) is 36.4 Å². The van der Waals surface area contributed by atoms with Gasteiger partial charge in [-0.1, -0.05) is 37.3 Å². The van der Waals surface area contributed by atoms with Crippen LogP contribution in [0.4, 0.5) is 11.5 Å². The van der Waals surface area contributed by atoms with Crippen molar-refractivity contribution in [2.45, 2.75) is 95.1 Å². The number of aromatic nitrogens is 5. The molecule has 0 amide bonds. The number of benzene rings is 2. The minimum Gasteiger partial charge on any atom is -0.461 e. The van der Waals surface area contributed by atoms with E-state index in [0.717, 1.165) is 75.0 Å². The van der Waals surface area contributed by atoms with Gasteiger partial charge in [0.25, 0.3) is 0 Å². The second-order valence-electron chi connectivity index (χ2n) is 14.4. The van der Waals surface area contributed by atoms with Crippen LogP contribution >= 0.6 is 0 Å². The van der Waals surface area contributed by atoms with E-state index in [9.17, 15) is 0 Å². The third-order valence-electron chi connectivity index (χ3n) is 11.6. The van der Waals surface area contributed by atoms with E-state index in [1.54, 1.807) is 0 Å². The molecule has 240 valence electrons. The molecule has 1 N–H and O–H groups in total. The van der Waals surface area contributed by atoms with Crippen molar-refractivity contribution in [2.24, 2.45) is 0 Å². The number of aryl methyl sites for hydroxylation is 1. The number of H-pyrrole nitrogens is 1. The van der Waals surface area contributed by atoms with Crippen LogP contribution < -0.4 is 14.5 Å². The Kier molecular flexibility index (Phi) is 7.13. The molecule has 2 aromatic heterocycles. The van der Waals surface area contributed by atoms with E-state index in [1.165, 1.54) is 79.2 Å². The number of hydrogen-bond donors (Lipinski definition) is 1. The summed E-state index contributed by atoms with van der Waals surface area (Å²) in [6, 6.07) is 14.0. The topological polar surface area (TPSA) is 86.3 Å². The molecule has 9 heteroatoms. The van der Waals surface area contributed by atoms with Crippen molar-refractivity contribution in [3.8, 4) is 6.01 Å². The summed E-state index contributed by atoms with van der Waals surface area (Å²) >= 11 is 0. The fraction of sp³-hybridized carbons (Fsp3) is 0.568. The lowest BCUT2D eigenvalue weighted by molar-refractivity contribution is 0.107. The monoisotopic (exact) mass is 618 g/mol. The van der Waals surface area contributed by atoms with Crippen LogP contribution in [0.25, 0.3) is 10.8 Å². The number of nitrogens with one attached hydrogen (secondary N) is 1. The van der Waals surface area contributed by atoms with Crippen LogP contribution in [-0.4, -0.2) is 74.9 Å². The Morgan fingerprint density at radius 3 is 2.57 bits per heavy atom. The van der Waals surface area contributed by atoms with Gasteiger partial charge in [-0.05, 0) is 94.3 Å². The van der Waals surface area contributed by atoms with Gasteiger partial charge in [-0.2, -0.15) is 15.1 Å². The maximum atomic E-state index is 6.65. The van der Waals surface area contributed by atoms with Crippen molar-refractivity contribution in [3.63, 3.8) is 0 Å². The van der Waals surface area contributed by atoms with Gasteiger partial charge >= 0.3 is 6.01 Å². The number of hydrogen-bond acceptors (Lipinski definition) is 8. The number of nitrogens with zero attached hydrogens (tertiary/aromatic N) is 7. The number of aromatic amines is 1. The summed E-state index contributed by atoms with van der Waals surface area (Å²) in [6.07, 6.45) is 11.6. The molecular formula is C37H46N8O. The number of anilines is 2. The molecule has 0 bridgehead atoms. The van der Waals surface area contributed by atoms with Gasteiger partial charge in [0.05, 0.1) is 17.8 Å². The summed E-state index contributed by atoms with van der Waals surface area (Å²) in [5.74, 6) is 4.01. The molecule has 5 aliphatic rings. The lowest BCUT2D eigenvalue weighted by atomic mass is 9.95. The molecule has 1 unspecified atom stereocenters. The number of ether oxygens (including phenoxy) is 1. The first-order chi connectivity index (χ1) is 22.7. The molecule has 2 aromatic carbocycles. The number of piperidine rings is 1. The SMILES string of the molecule is CCc1cccc2cccc(N3CCc4c(nc(OCC56CCCN5CCC6)nc4N4CCCC(c5n[nH]c(C6CC6)n5)C4)C3)c12. The Hall–Kier alpha value is -3.72. The molecule has 1 saturated carbocycles. The lowest BCUT2D eigenvalue weighted by Gasteiger charge is -2.37. The third kappa shape index (κ3) is 5.02. The summed E-state index contributed by atoms with van der Waals surface area (Å²) in [4.78, 5) is 23.1. The van der Waals surface area contributed by atoms with Crippen LogP contribution in [0.5, 0.6) is 6.01 Å². The molecule has 4 fully saturated rings. The molecule has 9 nitrogen and oxygen atoms in total. The molecule has 6 heterocycles. The van der Waals surface area contributed by atoms with E-state index in [0.29, 0.717) is 24.5 Å². The highest BCUT2D eigenvalue weighted by atomic mass is 16.5. The Morgan fingerprint density at radius 1 is 0.891 bits per heavy atom. The lowest BCUT2D eigenvalue weighted by Crippen LogP contribution is -2.44. The molecule has 9 rings (SSSR count). The standard InChI is InChI=1S/C37H46N8O/c1-2-25-8-3-9-26-10-4-12-31(32(25)26)43-21-15-29-30(23-43)38-36(46-24-37-16-6-19-45(37)20-7-17-37)40-35(29)44-18-5-11-28(22-44)34-39-33(41-42-34)27-13-14-27/h3-4,8-10,12,27-28H,2,5-7,11,13-24H2,1H3,(H,39,41,42). The van der Waals surface area contributed by atoms with E-state index in [4.69, 9.17) is 19.7 Å². The molecular weight excluding hydrogens is 572 g/mol. The number of fused-ring (bicyclic) bond motifs is 3. The second kappa shape index (κ2) is 11.5. The van der Waals surface area contributed by atoms with Crippen molar-refractivity contribution >= 4 is 22.3 Å². The highest BCUT2D eigenvalue weighted by molar-refractivity contribution is 5.97. The smallest absolute Gasteiger partial charge is 0.318 e. The van der Waals surface area contributed by atoms with Gasteiger partial charge in [-0.25, -0.2) is 4.98 Å². The van der Waals surface area contributed by atoms with Crippen molar-refractivity contribution in [1.82, 2.24) is 30.0 Å². The van der Waals surface area contributed by atoms with Crippen molar-refractivity contribution < 1.29 is 4.74 Å². The maximum Gasteiger partial charge on any atom is 0.318 e.